The van der Waals surface area contributed by atoms with E-state index in [4.69, 9.17) is 0 Å². The average molecular weight is 171 g/mol. The van der Waals surface area contributed by atoms with Gasteiger partial charge in [0, 0.05) is 0 Å². The molecule has 0 nitrogen and oxygen atoms in total. The van der Waals surface area contributed by atoms with E-state index < -0.39 is 0 Å². The monoisotopic (exact) mass is 171 g/mol. The summed E-state index contributed by atoms with van der Waals surface area (Å²) in [5.41, 5.74) is 0. The van der Waals surface area contributed by atoms with Crippen LogP contribution in [0, 0.1) is 0 Å². The Hall–Kier alpha value is 0.217. The molecule has 66 valence electrons. The molecule has 0 amide bonds. The van der Waals surface area contributed by atoms with Crippen molar-refractivity contribution in [3.63, 3.8) is 0 Å². The number of hydrogen-bond donors (Lipinski definition) is 0. The Morgan fingerprint density at radius 2 is 1.36 bits per heavy atom. The summed E-state index contributed by atoms with van der Waals surface area (Å²) in [6, 6.07) is 1.52. The van der Waals surface area contributed by atoms with E-state index in [-0.39, 0.29) is 8.80 Å². The molecule has 1 heteroatoms. The zero-order valence-electron chi connectivity index (χ0n) is 8.45. The minimum Gasteiger partial charge on any atom is -0.0654 e. The van der Waals surface area contributed by atoms with Gasteiger partial charge in [0.25, 0.3) is 0 Å². The van der Waals surface area contributed by atoms with Gasteiger partial charge in [-0.2, -0.15) is 0 Å². The molecule has 0 saturated carbocycles. The van der Waals surface area contributed by atoms with Gasteiger partial charge >= 0.3 is 8.80 Å². The third-order valence-electron chi connectivity index (χ3n) is 2.03. The van der Waals surface area contributed by atoms with Crippen molar-refractivity contribution in [1.82, 2.24) is 0 Å². The van der Waals surface area contributed by atoms with Crippen LogP contribution in [-0.4, -0.2) is 8.80 Å². The van der Waals surface area contributed by atoms with Crippen LogP contribution in [0.2, 0.25) is 19.1 Å². The highest BCUT2D eigenvalue weighted by molar-refractivity contribution is 6.55. The van der Waals surface area contributed by atoms with Gasteiger partial charge in [-0.3, -0.25) is 0 Å². The zero-order valence-corrected chi connectivity index (χ0v) is 9.45. The summed E-state index contributed by atoms with van der Waals surface area (Å²) < 4.78 is 0. The number of hydrogen-bond acceptors (Lipinski definition) is 0. The van der Waals surface area contributed by atoms with Gasteiger partial charge in [-0.1, -0.05) is 39.0 Å². The summed E-state index contributed by atoms with van der Waals surface area (Å²) in [7, 11) is 0.0728. The van der Waals surface area contributed by atoms with Gasteiger partial charge in [-0.25, -0.2) is 0 Å². The first-order valence-electron chi connectivity index (χ1n) is 5.06. The van der Waals surface area contributed by atoms with E-state index in [0.29, 0.717) is 0 Å². The minimum absolute atomic E-state index is 0.0728. The van der Waals surface area contributed by atoms with E-state index in [1.54, 1.807) is 0 Å². The zero-order chi connectivity index (χ0) is 8.53. The summed E-state index contributed by atoms with van der Waals surface area (Å²) in [6.07, 6.45) is 8.72. The van der Waals surface area contributed by atoms with Crippen molar-refractivity contribution in [3.8, 4) is 0 Å². The van der Waals surface area contributed by atoms with Crippen LogP contribution in [-0.2, 0) is 0 Å². The first-order valence-corrected chi connectivity index (χ1v) is 7.77. The molecule has 0 spiro atoms. The van der Waals surface area contributed by atoms with Crippen LogP contribution in [0.15, 0.2) is 0 Å². The summed E-state index contributed by atoms with van der Waals surface area (Å²) in [5, 5.41) is 0. The summed E-state index contributed by atoms with van der Waals surface area (Å²) in [6.45, 7) is 7.10. The van der Waals surface area contributed by atoms with Gasteiger partial charge in [-0.05, 0) is 6.42 Å². The van der Waals surface area contributed by atoms with Crippen LogP contribution < -0.4 is 0 Å². The van der Waals surface area contributed by atoms with Crippen molar-refractivity contribution < 1.29 is 0 Å². The highest BCUT2D eigenvalue weighted by Gasteiger charge is 2.08. The SMILES string of the molecule is CCCCCCCC[Si+](C)C. The van der Waals surface area contributed by atoms with Gasteiger partial charge in [0.05, 0.1) is 19.1 Å². The van der Waals surface area contributed by atoms with Crippen molar-refractivity contribution in [1.29, 1.82) is 0 Å². The first-order chi connectivity index (χ1) is 5.27. The lowest BCUT2D eigenvalue weighted by molar-refractivity contribution is 0.623. The van der Waals surface area contributed by atoms with Crippen molar-refractivity contribution in [3.05, 3.63) is 0 Å². The largest absolute Gasteiger partial charge is 0.307 e. The van der Waals surface area contributed by atoms with E-state index in [9.17, 15) is 0 Å². The lowest BCUT2D eigenvalue weighted by atomic mass is 10.1. The minimum atomic E-state index is 0.0728. The fraction of sp³-hybridized carbons (Fsp3) is 1.00. The third kappa shape index (κ3) is 10.2. The fourth-order valence-corrected chi connectivity index (χ4v) is 2.22. The van der Waals surface area contributed by atoms with Crippen molar-refractivity contribution in [2.45, 2.75) is 64.6 Å². The van der Waals surface area contributed by atoms with E-state index in [0.717, 1.165) is 0 Å². The number of unbranched alkanes of at least 4 members (excludes halogenated alkanes) is 5. The maximum atomic E-state index is 2.41. The standard InChI is InChI=1S/C10H23Si/c1-4-5-6-7-8-9-10-11(2)3/h4-10H2,1-3H3/q+1. The molecule has 0 rings (SSSR count). The maximum Gasteiger partial charge on any atom is 0.307 e. The Labute approximate surface area is 74.0 Å². The van der Waals surface area contributed by atoms with Crippen LogP contribution in [0.25, 0.3) is 0 Å². The lowest BCUT2D eigenvalue weighted by Gasteiger charge is -1.96. The summed E-state index contributed by atoms with van der Waals surface area (Å²) in [5.74, 6) is 0. The average Bonchev–Trinajstić information content (AvgIpc) is 1.96. The predicted octanol–water partition coefficient (Wildman–Crippen LogP) is 4.10. The van der Waals surface area contributed by atoms with E-state index in [1.807, 2.05) is 0 Å². The van der Waals surface area contributed by atoms with Crippen LogP contribution in [0.3, 0.4) is 0 Å². The molecule has 0 heterocycles. The second kappa shape index (κ2) is 8.31. The Morgan fingerprint density at radius 3 is 1.91 bits per heavy atom. The molecule has 0 saturated heterocycles. The molecule has 0 aromatic heterocycles. The van der Waals surface area contributed by atoms with Crippen LogP contribution in [0.1, 0.15) is 45.4 Å². The molecule has 0 fully saturated rings. The molecule has 0 aliphatic rings. The molecule has 11 heavy (non-hydrogen) atoms. The molecule has 0 bridgehead atoms. The van der Waals surface area contributed by atoms with E-state index >= 15 is 0 Å². The molecule has 0 aliphatic heterocycles. The van der Waals surface area contributed by atoms with Gasteiger partial charge in [-0.15, -0.1) is 0 Å². The predicted molar refractivity (Wildman–Crippen MR) is 55.7 cm³/mol. The van der Waals surface area contributed by atoms with Gasteiger partial charge < -0.3 is 0 Å². The quantitative estimate of drug-likeness (QED) is 0.399. The molecule has 0 unspecified atom stereocenters. The number of rotatable bonds is 7. The third-order valence-corrected chi connectivity index (χ3v) is 3.38. The molecule has 0 aromatic carbocycles. The van der Waals surface area contributed by atoms with E-state index in [2.05, 4.69) is 20.0 Å². The lowest BCUT2D eigenvalue weighted by Crippen LogP contribution is -1.97. The topological polar surface area (TPSA) is 0 Å². The van der Waals surface area contributed by atoms with Crippen molar-refractivity contribution in [2.75, 3.05) is 0 Å². The Balaban J connectivity index is 2.80. The van der Waals surface area contributed by atoms with Crippen LogP contribution >= 0.6 is 0 Å². The highest BCUT2D eigenvalue weighted by atomic mass is 28.3. The van der Waals surface area contributed by atoms with Crippen molar-refractivity contribution in [2.24, 2.45) is 0 Å². The smallest absolute Gasteiger partial charge is 0.0654 e. The van der Waals surface area contributed by atoms with E-state index in [1.165, 1.54) is 44.6 Å². The molecule has 0 atom stereocenters. The second-order valence-electron chi connectivity index (χ2n) is 3.72. The molecular weight excluding hydrogens is 148 g/mol. The fourth-order valence-electron chi connectivity index (χ4n) is 1.26. The van der Waals surface area contributed by atoms with Gasteiger partial charge in [0.15, 0.2) is 0 Å². The first kappa shape index (κ1) is 11.2. The normalized spacial score (nSPS) is 10.1. The second-order valence-corrected chi connectivity index (χ2v) is 6.64. The van der Waals surface area contributed by atoms with Gasteiger partial charge in [0.1, 0.15) is 0 Å². The molecular formula is C10H23Si+. The highest BCUT2D eigenvalue weighted by Crippen LogP contribution is 2.08. The Morgan fingerprint density at radius 1 is 0.818 bits per heavy atom. The van der Waals surface area contributed by atoms with Crippen molar-refractivity contribution >= 4 is 8.80 Å². The summed E-state index contributed by atoms with van der Waals surface area (Å²) >= 11 is 0. The Bertz CT molecular complexity index is 69.3. The van der Waals surface area contributed by atoms with Gasteiger partial charge in [0.2, 0.25) is 0 Å². The van der Waals surface area contributed by atoms with Crippen LogP contribution in [0.5, 0.6) is 0 Å². The Kier molecular flexibility index (Phi) is 8.48. The summed E-state index contributed by atoms with van der Waals surface area (Å²) in [4.78, 5) is 0. The van der Waals surface area contributed by atoms with Crippen LogP contribution in [0.4, 0.5) is 0 Å². The molecule has 0 N–H and O–H groups in total. The maximum absolute atomic E-state index is 2.41. The molecule has 0 aliphatic carbocycles. The molecule has 0 aromatic rings. The molecule has 0 radical (unpaired) electrons.